The number of carbonyl (C=O) groups excluding carboxylic acids is 2. The summed E-state index contributed by atoms with van der Waals surface area (Å²) < 4.78 is 34.7. The molecule has 1 aromatic carbocycles. The third-order valence-corrected chi connectivity index (χ3v) is 6.11. The molecule has 0 aromatic heterocycles. The smallest absolute Gasteiger partial charge is 0.411 e. The SMILES string of the molecule is CCOC(=O)[C@@H]1CCN[C@H]1c1cc(NC(=O)OC)ccc1S(=O)(=O)CC. The Labute approximate surface area is 153 Å². The highest BCUT2D eigenvalue weighted by Gasteiger charge is 2.37. The Bertz CT molecular complexity index is 777. The van der Waals surface area contributed by atoms with E-state index in [4.69, 9.17) is 4.74 Å². The Balaban J connectivity index is 2.49. The van der Waals surface area contributed by atoms with Crippen LogP contribution in [0.3, 0.4) is 0 Å². The molecule has 2 atom stereocenters. The zero-order valence-corrected chi connectivity index (χ0v) is 15.9. The number of hydrogen-bond donors (Lipinski definition) is 2. The van der Waals surface area contributed by atoms with Crippen LogP contribution < -0.4 is 10.6 Å². The Hall–Kier alpha value is -2.13. The van der Waals surface area contributed by atoms with Crippen LogP contribution in [0.1, 0.15) is 31.9 Å². The monoisotopic (exact) mass is 384 g/mol. The molecule has 0 unspecified atom stereocenters. The van der Waals surface area contributed by atoms with Crippen molar-refractivity contribution in [2.24, 2.45) is 5.92 Å². The van der Waals surface area contributed by atoms with Gasteiger partial charge in [-0.05, 0) is 43.7 Å². The van der Waals surface area contributed by atoms with Crippen molar-refractivity contribution in [2.45, 2.75) is 31.2 Å². The van der Waals surface area contributed by atoms with Crippen LogP contribution in [0.2, 0.25) is 0 Å². The summed E-state index contributed by atoms with van der Waals surface area (Å²) in [6.07, 6.45) is -0.118. The number of ether oxygens (including phenoxy) is 2. The van der Waals surface area contributed by atoms with Gasteiger partial charge in [-0.25, -0.2) is 13.2 Å². The van der Waals surface area contributed by atoms with Gasteiger partial charge >= 0.3 is 12.1 Å². The van der Waals surface area contributed by atoms with E-state index in [2.05, 4.69) is 15.4 Å². The summed E-state index contributed by atoms with van der Waals surface area (Å²) in [6, 6.07) is 4.00. The number of amides is 1. The molecule has 2 N–H and O–H groups in total. The van der Waals surface area contributed by atoms with Gasteiger partial charge in [-0.15, -0.1) is 0 Å². The molecule has 1 saturated heterocycles. The van der Waals surface area contributed by atoms with Crippen molar-refractivity contribution >= 4 is 27.6 Å². The highest BCUT2D eigenvalue weighted by Crippen LogP contribution is 2.36. The number of anilines is 1. The summed E-state index contributed by atoms with van der Waals surface area (Å²) in [6.45, 7) is 4.11. The lowest BCUT2D eigenvalue weighted by Gasteiger charge is -2.22. The zero-order valence-electron chi connectivity index (χ0n) is 15.1. The van der Waals surface area contributed by atoms with Gasteiger partial charge in [0.05, 0.1) is 30.3 Å². The summed E-state index contributed by atoms with van der Waals surface area (Å²) in [5.41, 5.74) is 0.828. The largest absolute Gasteiger partial charge is 0.466 e. The number of rotatable bonds is 6. The van der Waals surface area contributed by atoms with Crippen LogP contribution in [0.15, 0.2) is 23.1 Å². The molecule has 8 nitrogen and oxygen atoms in total. The summed E-state index contributed by atoms with van der Waals surface area (Å²) >= 11 is 0. The van der Waals surface area contributed by atoms with E-state index in [0.29, 0.717) is 24.2 Å². The second-order valence-electron chi connectivity index (χ2n) is 5.85. The first-order valence-corrected chi connectivity index (χ1v) is 10.1. The highest BCUT2D eigenvalue weighted by atomic mass is 32.2. The van der Waals surface area contributed by atoms with E-state index >= 15 is 0 Å². The quantitative estimate of drug-likeness (QED) is 0.720. The normalized spacial score (nSPS) is 19.8. The summed E-state index contributed by atoms with van der Waals surface area (Å²) in [7, 11) is -2.28. The molecular formula is C17H24N2O6S. The van der Waals surface area contributed by atoms with Gasteiger partial charge in [-0.1, -0.05) is 6.92 Å². The maximum atomic E-state index is 12.5. The summed E-state index contributed by atoms with van der Waals surface area (Å²) in [4.78, 5) is 23.9. The van der Waals surface area contributed by atoms with E-state index in [1.54, 1.807) is 19.9 Å². The summed E-state index contributed by atoms with van der Waals surface area (Å²) in [5, 5.41) is 5.71. The standard InChI is InChI=1S/C17H24N2O6S/c1-4-25-16(20)12-8-9-18-15(12)13-10-11(19-17(21)24-3)6-7-14(13)26(22,23)5-2/h6-7,10,12,15,18H,4-5,8-9H2,1-3H3,(H,19,21)/t12-,15-/m1/s1. The molecule has 1 aliphatic heterocycles. The molecule has 1 amide bonds. The van der Waals surface area contributed by atoms with Crippen LogP contribution in [-0.4, -0.2) is 46.5 Å². The first-order chi connectivity index (χ1) is 12.3. The van der Waals surface area contributed by atoms with Crippen molar-refractivity contribution in [3.8, 4) is 0 Å². The Morgan fingerprint density at radius 3 is 2.65 bits per heavy atom. The number of hydrogen-bond acceptors (Lipinski definition) is 7. The number of nitrogens with one attached hydrogen (secondary N) is 2. The highest BCUT2D eigenvalue weighted by molar-refractivity contribution is 7.91. The molecule has 144 valence electrons. The van der Waals surface area contributed by atoms with Gasteiger partial charge in [-0.3, -0.25) is 10.1 Å². The van der Waals surface area contributed by atoms with E-state index in [1.807, 2.05) is 0 Å². The van der Waals surface area contributed by atoms with Crippen molar-refractivity contribution in [1.29, 1.82) is 0 Å². The third-order valence-electron chi connectivity index (χ3n) is 4.30. The number of sulfone groups is 1. The minimum Gasteiger partial charge on any atom is -0.466 e. The molecular weight excluding hydrogens is 360 g/mol. The van der Waals surface area contributed by atoms with Gasteiger partial charge in [0.2, 0.25) is 0 Å². The van der Waals surface area contributed by atoms with Gasteiger partial charge in [-0.2, -0.15) is 0 Å². The van der Waals surface area contributed by atoms with Gasteiger partial charge in [0.15, 0.2) is 9.84 Å². The van der Waals surface area contributed by atoms with Crippen LogP contribution in [0.4, 0.5) is 10.5 Å². The topological polar surface area (TPSA) is 111 Å². The number of benzene rings is 1. The molecule has 1 aromatic rings. The van der Waals surface area contributed by atoms with Gasteiger partial charge in [0, 0.05) is 11.7 Å². The molecule has 0 spiro atoms. The molecule has 26 heavy (non-hydrogen) atoms. The Kier molecular flexibility index (Phi) is 6.60. The maximum absolute atomic E-state index is 12.5. The average Bonchev–Trinajstić information content (AvgIpc) is 3.11. The zero-order chi connectivity index (χ0) is 19.3. The van der Waals surface area contributed by atoms with Crippen molar-refractivity contribution < 1.29 is 27.5 Å². The van der Waals surface area contributed by atoms with Crippen molar-refractivity contribution in [3.05, 3.63) is 23.8 Å². The van der Waals surface area contributed by atoms with Crippen molar-refractivity contribution in [1.82, 2.24) is 5.32 Å². The summed E-state index contributed by atoms with van der Waals surface area (Å²) in [5.74, 6) is -0.927. The molecule has 0 saturated carbocycles. The van der Waals surface area contributed by atoms with E-state index in [-0.39, 0.29) is 23.2 Å². The van der Waals surface area contributed by atoms with Gasteiger partial charge in [0.1, 0.15) is 0 Å². The molecule has 1 heterocycles. The molecule has 9 heteroatoms. The predicted octanol–water partition coefficient (Wildman–Crippen LogP) is 1.87. The third kappa shape index (κ3) is 4.34. The molecule has 0 bridgehead atoms. The maximum Gasteiger partial charge on any atom is 0.411 e. The fourth-order valence-electron chi connectivity index (χ4n) is 3.01. The molecule has 1 fully saturated rings. The minimum atomic E-state index is -3.51. The van der Waals surface area contributed by atoms with E-state index in [9.17, 15) is 18.0 Å². The second kappa shape index (κ2) is 8.50. The van der Waals surface area contributed by atoms with Crippen LogP contribution in [0.25, 0.3) is 0 Å². The second-order valence-corrected chi connectivity index (χ2v) is 8.10. The predicted molar refractivity (Wildman–Crippen MR) is 95.7 cm³/mol. The minimum absolute atomic E-state index is 0.0689. The van der Waals surface area contributed by atoms with Gasteiger partial charge in [0.25, 0.3) is 0 Å². The van der Waals surface area contributed by atoms with E-state index < -0.39 is 27.9 Å². The van der Waals surface area contributed by atoms with Crippen LogP contribution in [0, 0.1) is 5.92 Å². The van der Waals surface area contributed by atoms with E-state index in [1.165, 1.54) is 19.2 Å². The molecule has 2 rings (SSSR count). The lowest BCUT2D eigenvalue weighted by molar-refractivity contribution is -0.148. The lowest BCUT2D eigenvalue weighted by atomic mass is 9.94. The van der Waals surface area contributed by atoms with Crippen molar-refractivity contribution in [2.75, 3.05) is 31.3 Å². The van der Waals surface area contributed by atoms with Crippen LogP contribution in [0.5, 0.6) is 0 Å². The Morgan fingerprint density at radius 1 is 1.31 bits per heavy atom. The first-order valence-electron chi connectivity index (χ1n) is 8.45. The Morgan fingerprint density at radius 2 is 2.04 bits per heavy atom. The molecule has 1 aliphatic rings. The average molecular weight is 384 g/mol. The number of esters is 1. The number of methoxy groups -OCH3 is 1. The van der Waals surface area contributed by atoms with Crippen LogP contribution in [-0.2, 0) is 24.1 Å². The first kappa shape index (κ1) is 20.2. The number of carbonyl (C=O) groups is 2. The fraction of sp³-hybridized carbons (Fsp3) is 0.529. The fourth-order valence-corrected chi connectivity index (χ4v) is 4.14. The van der Waals surface area contributed by atoms with Crippen molar-refractivity contribution in [3.63, 3.8) is 0 Å². The lowest BCUT2D eigenvalue weighted by Crippen LogP contribution is -2.27. The van der Waals surface area contributed by atoms with Gasteiger partial charge < -0.3 is 14.8 Å². The molecule has 0 aliphatic carbocycles. The van der Waals surface area contributed by atoms with E-state index in [0.717, 1.165) is 0 Å². The molecule has 0 radical (unpaired) electrons. The van der Waals surface area contributed by atoms with Crippen LogP contribution >= 0.6 is 0 Å².